The van der Waals surface area contributed by atoms with Crippen molar-refractivity contribution >= 4 is 11.4 Å². The Hall–Kier alpha value is -1.50. The zero-order chi connectivity index (χ0) is 12.9. The van der Waals surface area contributed by atoms with Gasteiger partial charge in [0.2, 0.25) is 0 Å². The molecule has 7 heteroatoms. The first-order chi connectivity index (χ1) is 7.96. The molecule has 0 fully saturated rings. The number of aliphatic hydroxyl groups is 1. The van der Waals surface area contributed by atoms with Crippen molar-refractivity contribution < 1.29 is 18.3 Å². The number of hydrogen-bond acceptors (Lipinski definition) is 4. The molecule has 0 saturated heterocycles. The van der Waals surface area contributed by atoms with Gasteiger partial charge in [-0.05, 0) is 6.07 Å². The summed E-state index contributed by atoms with van der Waals surface area (Å²) in [7, 11) is 1.65. The van der Waals surface area contributed by atoms with Crippen molar-refractivity contribution in [2.75, 3.05) is 37.0 Å². The lowest BCUT2D eigenvalue weighted by atomic mass is 10.3. The van der Waals surface area contributed by atoms with E-state index in [0.717, 1.165) is 4.90 Å². The van der Waals surface area contributed by atoms with Crippen LogP contribution in [0, 0.1) is 0 Å². The fourth-order valence-corrected chi connectivity index (χ4v) is 1.37. The Labute approximate surface area is 97.1 Å². The first-order valence-electron chi connectivity index (χ1n) is 5.01. The fourth-order valence-electron chi connectivity index (χ4n) is 1.37. The third kappa shape index (κ3) is 4.48. The number of rotatable bonds is 5. The first kappa shape index (κ1) is 13.6. The van der Waals surface area contributed by atoms with Gasteiger partial charge in [-0.15, -0.1) is 0 Å². The van der Waals surface area contributed by atoms with Crippen LogP contribution in [0.15, 0.2) is 18.5 Å². The Morgan fingerprint density at radius 3 is 2.65 bits per heavy atom. The van der Waals surface area contributed by atoms with Crippen LogP contribution in [0.5, 0.6) is 0 Å². The van der Waals surface area contributed by atoms with E-state index in [9.17, 15) is 13.2 Å². The number of aromatic nitrogens is 1. The van der Waals surface area contributed by atoms with E-state index < -0.39 is 12.7 Å². The van der Waals surface area contributed by atoms with Crippen molar-refractivity contribution in [2.24, 2.45) is 0 Å². The normalized spacial score (nSPS) is 11.4. The molecule has 96 valence electrons. The molecule has 1 heterocycles. The fraction of sp³-hybridized carbons (Fsp3) is 0.500. The minimum atomic E-state index is -4.31. The predicted octanol–water partition coefficient (Wildman–Crippen LogP) is 1.48. The third-order valence-electron chi connectivity index (χ3n) is 2.12. The lowest BCUT2D eigenvalue weighted by Crippen LogP contribution is -2.36. The molecule has 0 aromatic carbocycles. The molecule has 0 atom stereocenters. The molecule has 0 unspecified atom stereocenters. The standard InChI is InChI=1S/C10H14F3N3O/c1-14-8-4-9(6-15-5-8)16(2-3-17)7-10(11,12)13/h4-6,14,17H,2-3,7H2,1H3. The smallest absolute Gasteiger partial charge is 0.395 e. The number of hydrogen-bond donors (Lipinski definition) is 2. The maximum Gasteiger partial charge on any atom is 0.405 e. The van der Waals surface area contributed by atoms with Gasteiger partial charge in [0.25, 0.3) is 0 Å². The second-order valence-electron chi connectivity index (χ2n) is 3.44. The highest BCUT2D eigenvalue weighted by Crippen LogP contribution is 2.23. The summed E-state index contributed by atoms with van der Waals surface area (Å²) in [5.74, 6) is 0. The van der Waals surface area contributed by atoms with Gasteiger partial charge in [-0.1, -0.05) is 0 Å². The summed E-state index contributed by atoms with van der Waals surface area (Å²) in [6, 6.07) is 1.55. The summed E-state index contributed by atoms with van der Waals surface area (Å²) in [5, 5.41) is 11.6. The van der Waals surface area contributed by atoms with Gasteiger partial charge in [0.05, 0.1) is 30.4 Å². The Morgan fingerprint density at radius 2 is 2.12 bits per heavy atom. The number of pyridine rings is 1. The molecule has 0 aliphatic carbocycles. The van der Waals surface area contributed by atoms with Crippen molar-refractivity contribution in [3.05, 3.63) is 18.5 Å². The second-order valence-corrected chi connectivity index (χ2v) is 3.44. The van der Waals surface area contributed by atoms with E-state index in [0.29, 0.717) is 11.4 Å². The van der Waals surface area contributed by atoms with Gasteiger partial charge < -0.3 is 15.3 Å². The summed E-state index contributed by atoms with van der Waals surface area (Å²) in [4.78, 5) is 4.87. The molecule has 0 amide bonds. The zero-order valence-corrected chi connectivity index (χ0v) is 9.33. The summed E-state index contributed by atoms with van der Waals surface area (Å²) in [6.07, 6.45) is -1.47. The molecule has 0 radical (unpaired) electrons. The van der Waals surface area contributed by atoms with Crippen LogP contribution >= 0.6 is 0 Å². The van der Waals surface area contributed by atoms with E-state index in [1.54, 1.807) is 13.1 Å². The van der Waals surface area contributed by atoms with Crippen molar-refractivity contribution in [1.29, 1.82) is 0 Å². The number of nitrogens with one attached hydrogen (secondary N) is 1. The van der Waals surface area contributed by atoms with Crippen LogP contribution in [-0.4, -0.2) is 43.0 Å². The van der Waals surface area contributed by atoms with Gasteiger partial charge in [0, 0.05) is 13.6 Å². The quantitative estimate of drug-likeness (QED) is 0.830. The van der Waals surface area contributed by atoms with Gasteiger partial charge in [-0.3, -0.25) is 4.98 Å². The van der Waals surface area contributed by atoms with E-state index in [2.05, 4.69) is 10.3 Å². The molecular weight excluding hydrogens is 235 g/mol. The number of nitrogens with zero attached hydrogens (tertiary/aromatic N) is 2. The minimum Gasteiger partial charge on any atom is -0.395 e. The van der Waals surface area contributed by atoms with Crippen LogP contribution in [0.1, 0.15) is 0 Å². The lowest BCUT2D eigenvalue weighted by molar-refractivity contribution is -0.119. The monoisotopic (exact) mass is 249 g/mol. The highest BCUT2D eigenvalue weighted by Gasteiger charge is 2.30. The van der Waals surface area contributed by atoms with E-state index in [-0.39, 0.29) is 13.2 Å². The molecule has 0 bridgehead atoms. The van der Waals surface area contributed by atoms with Gasteiger partial charge in [-0.25, -0.2) is 0 Å². The zero-order valence-electron chi connectivity index (χ0n) is 9.33. The van der Waals surface area contributed by atoms with Gasteiger partial charge in [0.1, 0.15) is 6.54 Å². The third-order valence-corrected chi connectivity index (χ3v) is 2.12. The molecule has 0 saturated carbocycles. The molecule has 1 aromatic rings. The van der Waals surface area contributed by atoms with Crippen LogP contribution in [0.4, 0.5) is 24.5 Å². The average Bonchev–Trinajstić information content (AvgIpc) is 2.27. The Bertz CT molecular complexity index is 357. The largest absolute Gasteiger partial charge is 0.405 e. The van der Waals surface area contributed by atoms with Gasteiger partial charge in [-0.2, -0.15) is 13.2 Å². The highest BCUT2D eigenvalue weighted by molar-refractivity contribution is 5.55. The average molecular weight is 249 g/mol. The van der Waals surface area contributed by atoms with E-state index in [4.69, 9.17) is 5.11 Å². The summed E-state index contributed by atoms with van der Waals surface area (Å²) in [6.45, 7) is -1.55. The number of anilines is 2. The molecule has 4 nitrogen and oxygen atoms in total. The highest BCUT2D eigenvalue weighted by atomic mass is 19.4. The van der Waals surface area contributed by atoms with Gasteiger partial charge >= 0.3 is 6.18 Å². The van der Waals surface area contributed by atoms with Crippen molar-refractivity contribution in [1.82, 2.24) is 4.98 Å². The minimum absolute atomic E-state index is 0.0889. The number of aliphatic hydroxyl groups excluding tert-OH is 1. The molecule has 2 N–H and O–H groups in total. The lowest BCUT2D eigenvalue weighted by Gasteiger charge is -2.25. The Morgan fingerprint density at radius 1 is 1.41 bits per heavy atom. The molecular formula is C10H14F3N3O. The first-order valence-corrected chi connectivity index (χ1v) is 5.01. The summed E-state index contributed by atoms with van der Waals surface area (Å²) < 4.78 is 37.0. The summed E-state index contributed by atoms with van der Waals surface area (Å²) >= 11 is 0. The number of alkyl halides is 3. The topological polar surface area (TPSA) is 48.4 Å². The summed E-state index contributed by atoms with van der Waals surface area (Å²) in [5.41, 5.74) is 0.941. The van der Waals surface area contributed by atoms with Crippen LogP contribution < -0.4 is 10.2 Å². The Kier molecular flexibility index (Phi) is 4.56. The van der Waals surface area contributed by atoms with Crippen LogP contribution in [0.2, 0.25) is 0 Å². The Balaban J connectivity index is 2.88. The van der Waals surface area contributed by atoms with E-state index >= 15 is 0 Å². The van der Waals surface area contributed by atoms with Crippen molar-refractivity contribution in [3.8, 4) is 0 Å². The van der Waals surface area contributed by atoms with E-state index in [1.165, 1.54) is 12.4 Å². The molecule has 17 heavy (non-hydrogen) atoms. The maximum absolute atomic E-state index is 12.3. The maximum atomic E-state index is 12.3. The van der Waals surface area contributed by atoms with Crippen molar-refractivity contribution in [3.63, 3.8) is 0 Å². The van der Waals surface area contributed by atoms with Gasteiger partial charge in [0.15, 0.2) is 0 Å². The molecule has 0 aliphatic heterocycles. The van der Waals surface area contributed by atoms with Crippen molar-refractivity contribution in [2.45, 2.75) is 6.18 Å². The second kappa shape index (κ2) is 5.72. The molecule has 0 aliphatic rings. The SMILES string of the molecule is CNc1cncc(N(CCO)CC(F)(F)F)c1. The molecule has 1 rings (SSSR count). The van der Waals surface area contributed by atoms with Crippen LogP contribution in [-0.2, 0) is 0 Å². The molecule has 1 aromatic heterocycles. The predicted molar refractivity (Wildman–Crippen MR) is 59.1 cm³/mol. The van der Waals surface area contributed by atoms with Crippen LogP contribution in [0.25, 0.3) is 0 Å². The van der Waals surface area contributed by atoms with E-state index in [1.807, 2.05) is 0 Å². The molecule has 0 spiro atoms. The number of halogens is 3. The van der Waals surface area contributed by atoms with Crippen LogP contribution in [0.3, 0.4) is 0 Å².